The number of aromatic nitrogens is 1. The van der Waals surface area contributed by atoms with E-state index >= 15 is 0 Å². The van der Waals surface area contributed by atoms with Crippen LogP contribution in [0, 0.1) is 6.92 Å². The van der Waals surface area contributed by atoms with Crippen molar-refractivity contribution in [2.45, 2.75) is 13.8 Å². The van der Waals surface area contributed by atoms with Gasteiger partial charge in [0.1, 0.15) is 5.82 Å². The molecule has 0 saturated carbocycles. The van der Waals surface area contributed by atoms with Gasteiger partial charge in [-0.3, -0.25) is 0 Å². The molecule has 1 heterocycles. The van der Waals surface area contributed by atoms with Gasteiger partial charge in [0.25, 0.3) is 0 Å². The summed E-state index contributed by atoms with van der Waals surface area (Å²) in [5, 5.41) is 11.9. The highest BCUT2D eigenvalue weighted by atomic mass is 16.4. The first-order valence-corrected chi connectivity index (χ1v) is 4.70. The third-order valence-electron chi connectivity index (χ3n) is 1.84. The smallest absolute Gasteiger partial charge is 0.335 e. The Bertz CT molecular complexity index is 386. The van der Waals surface area contributed by atoms with E-state index in [4.69, 9.17) is 5.11 Å². The van der Waals surface area contributed by atoms with E-state index in [1.807, 2.05) is 19.1 Å². The molecule has 0 aliphatic rings. The molecular formula is C11H14N2O2. The summed E-state index contributed by atoms with van der Waals surface area (Å²) in [6.45, 7) is 4.34. The zero-order valence-electron chi connectivity index (χ0n) is 8.82. The van der Waals surface area contributed by atoms with Crippen molar-refractivity contribution in [1.82, 2.24) is 4.98 Å². The molecule has 1 rings (SSSR count). The van der Waals surface area contributed by atoms with Crippen molar-refractivity contribution in [2.75, 3.05) is 11.9 Å². The number of allylic oxidation sites excluding steroid dienone is 1. The van der Waals surface area contributed by atoms with Gasteiger partial charge in [0.05, 0.1) is 5.56 Å². The predicted octanol–water partition coefficient (Wildman–Crippen LogP) is 2.08. The molecule has 0 fully saturated rings. The molecular weight excluding hydrogens is 192 g/mol. The average Bonchev–Trinajstić information content (AvgIpc) is 2.17. The van der Waals surface area contributed by atoms with Crippen molar-refractivity contribution < 1.29 is 9.90 Å². The van der Waals surface area contributed by atoms with Crippen LogP contribution in [0.25, 0.3) is 0 Å². The van der Waals surface area contributed by atoms with Crippen LogP contribution in [0.2, 0.25) is 0 Å². The predicted molar refractivity (Wildman–Crippen MR) is 59.2 cm³/mol. The van der Waals surface area contributed by atoms with Gasteiger partial charge in [-0.25, -0.2) is 9.78 Å². The van der Waals surface area contributed by atoms with Crippen molar-refractivity contribution >= 4 is 11.8 Å². The Morgan fingerprint density at radius 3 is 2.93 bits per heavy atom. The van der Waals surface area contributed by atoms with Crippen LogP contribution in [0.15, 0.2) is 24.3 Å². The van der Waals surface area contributed by atoms with E-state index in [0.29, 0.717) is 18.1 Å². The highest BCUT2D eigenvalue weighted by molar-refractivity contribution is 5.88. The Morgan fingerprint density at radius 1 is 1.60 bits per heavy atom. The van der Waals surface area contributed by atoms with Crippen LogP contribution >= 0.6 is 0 Å². The lowest BCUT2D eigenvalue weighted by Crippen LogP contribution is -2.05. The van der Waals surface area contributed by atoms with Crippen molar-refractivity contribution in [3.8, 4) is 0 Å². The summed E-state index contributed by atoms with van der Waals surface area (Å²) in [7, 11) is 0. The quantitative estimate of drug-likeness (QED) is 0.740. The molecule has 4 heteroatoms. The first kappa shape index (κ1) is 11.2. The fraction of sp³-hybridized carbons (Fsp3) is 0.273. The van der Waals surface area contributed by atoms with Crippen LogP contribution in [0.3, 0.4) is 0 Å². The first-order chi connectivity index (χ1) is 7.13. The number of nitrogens with zero attached hydrogens (tertiary/aromatic N) is 1. The van der Waals surface area contributed by atoms with Crippen LogP contribution in [0.1, 0.15) is 23.0 Å². The van der Waals surface area contributed by atoms with Gasteiger partial charge in [0.15, 0.2) is 0 Å². The molecule has 2 N–H and O–H groups in total. The Morgan fingerprint density at radius 2 is 2.33 bits per heavy atom. The standard InChI is InChI=1S/C11H14N2O2/c1-3-4-5-12-10-7-9(11(14)15)6-8(2)13-10/h3-4,6-7H,5H2,1-2H3,(H,12,13)(H,14,15)/b4-3+. The summed E-state index contributed by atoms with van der Waals surface area (Å²) in [6.07, 6.45) is 3.85. The topological polar surface area (TPSA) is 62.2 Å². The molecule has 0 atom stereocenters. The molecule has 0 spiro atoms. The fourth-order valence-electron chi connectivity index (χ4n) is 1.16. The second kappa shape index (κ2) is 5.14. The van der Waals surface area contributed by atoms with Crippen LogP contribution in [0.5, 0.6) is 0 Å². The van der Waals surface area contributed by atoms with Gasteiger partial charge in [-0.15, -0.1) is 0 Å². The Labute approximate surface area is 88.7 Å². The maximum atomic E-state index is 10.8. The van der Waals surface area contributed by atoms with Gasteiger partial charge >= 0.3 is 5.97 Å². The van der Waals surface area contributed by atoms with Crippen molar-refractivity contribution in [3.63, 3.8) is 0 Å². The molecule has 0 saturated heterocycles. The minimum absolute atomic E-state index is 0.255. The summed E-state index contributed by atoms with van der Waals surface area (Å²) < 4.78 is 0. The minimum atomic E-state index is -0.936. The number of carboxylic acid groups (broad SMARTS) is 1. The zero-order valence-corrected chi connectivity index (χ0v) is 8.82. The van der Waals surface area contributed by atoms with Crippen molar-refractivity contribution in [1.29, 1.82) is 0 Å². The molecule has 1 aromatic heterocycles. The Kier molecular flexibility index (Phi) is 3.85. The summed E-state index contributed by atoms with van der Waals surface area (Å²) >= 11 is 0. The molecule has 4 nitrogen and oxygen atoms in total. The number of pyridine rings is 1. The maximum Gasteiger partial charge on any atom is 0.335 e. The molecule has 1 aromatic rings. The van der Waals surface area contributed by atoms with Gasteiger partial charge < -0.3 is 10.4 Å². The monoisotopic (exact) mass is 206 g/mol. The second-order valence-corrected chi connectivity index (χ2v) is 3.14. The molecule has 0 amide bonds. The van der Waals surface area contributed by atoms with E-state index < -0.39 is 5.97 Å². The van der Waals surface area contributed by atoms with Gasteiger partial charge in [-0.2, -0.15) is 0 Å². The normalized spacial score (nSPS) is 10.5. The summed E-state index contributed by atoms with van der Waals surface area (Å²) in [5.41, 5.74) is 0.948. The van der Waals surface area contributed by atoms with Crippen molar-refractivity contribution in [3.05, 3.63) is 35.5 Å². The third kappa shape index (κ3) is 3.42. The van der Waals surface area contributed by atoms with Gasteiger partial charge in [-0.05, 0) is 26.0 Å². The summed E-state index contributed by atoms with van der Waals surface area (Å²) in [5.74, 6) is -0.347. The molecule has 0 aromatic carbocycles. The van der Waals surface area contributed by atoms with E-state index in [1.54, 1.807) is 13.0 Å². The molecule has 80 valence electrons. The molecule has 15 heavy (non-hydrogen) atoms. The molecule has 0 unspecified atom stereocenters. The van der Waals surface area contributed by atoms with Gasteiger partial charge in [-0.1, -0.05) is 12.2 Å². The number of nitrogens with one attached hydrogen (secondary N) is 1. The number of carboxylic acids is 1. The molecule has 0 radical (unpaired) electrons. The maximum absolute atomic E-state index is 10.8. The SMILES string of the molecule is C/C=C/CNc1cc(C(=O)O)cc(C)n1. The number of anilines is 1. The van der Waals surface area contributed by atoms with Gasteiger partial charge in [0, 0.05) is 12.2 Å². The van der Waals surface area contributed by atoms with Crippen LogP contribution in [-0.4, -0.2) is 22.6 Å². The summed E-state index contributed by atoms with van der Waals surface area (Å²) in [4.78, 5) is 14.9. The zero-order chi connectivity index (χ0) is 11.3. The fourth-order valence-corrected chi connectivity index (χ4v) is 1.16. The number of aryl methyl sites for hydroxylation is 1. The van der Waals surface area contributed by atoms with E-state index in [9.17, 15) is 4.79 Å². The lowest BCUT2D eigenvalue weighted by atomic mass is 10.2. The highest BCUT2D eigenvalue weighted by Crippen LogP contribution is 2.09. The van der Waals surface area contributed by atoms with E-state index in [1.165, 1.54) is 6.07 Å². The second-order valence-electron chi connectivity index (χ2n) is 3.14. The van der Waals surface area contributed by atoms with Gasteiger partial charge in [0.2, 0.25) is 0 Å². The van der Waals surface area contributed by atoms with E-state index in [2.05, 4.69) is 10.3 Å². The van der Waals surface area contributed by atoms with Crippen LogP contribution in [-0.2, 0) is 0 Å². The molecule has 0 aliphatic heterocycles. The first-order valence-electron chi connectivity index (χ1n) is 4.70. The Balaban J connectivity index is 2.84. The number of hydrogen-bond donors (Lipinski definition) is 2. The summed E-state index contributed by atoms with van der Waals surface area (Å²) in [6, 6.07) is 3.07. The third-order valence-corrected chi connectivity index (χ3v) is 1.84. The number of carbonyl (C=O) groups is 1. The lowest BCUT2D eigenvalue weighted by Gasteiger charge is -2.05. The number of aromatic carboxylic acids is 1. The molecule has 0 bridgehead atoms. The number of hydrogen-bond acceptors (Lipinski definition) is 3. The largest absolute Gasteiger partial charge is 0.478 e. The number of rotatable bonds is 4. The highest BCUT2D eigenvalue weighted by Gasteiger charge is 2.05. The van der Waals surface area contributed by atoms with Crippen LogP contribution in [0.4, 0.5) is 5.82 Å². The van der Waals surface area contributed by atoms with E-state index in [0.717, 1.165) is 0 Å². The van der Waals surface area contributed by atoms with E-state index in [-0.39, 0.29) is 5.56 Å². The molecule has 0 aliphatic carbocycles. The Hall–Kier alpha value is -1.84. The lowest BCUT2D eigenvalue weighted by molar-refractivity contribution is 0.0696. The van der Waals surface area contributed by atoms with Crippen LogP contribution < -0.4 is 5.32 Å². The average molecular weight is 206 g/mol. The minimum Gasteiger partial charge on any atom is -0.478 e. The van der Waals surface area contributed by atoms with Crippen molar-refractivity contribution in [2.24, 2.45) is 0 Å².